The lowest BCUT2D eigenvalue weighted by Gasteiger charge is -2.21. The van der Waals surface area contributed by atoms with Crippen LogP contribution in [0.5, 0.6) is 5.75 Å². The normalized spacial score (nSPS) is 21.0. The summed E-state index contributed by atoms with van der Waals surface area (Å²) in [7, 11) is 1.47. The van der Waals surface area contributed by atoms with E-state index >= 15 is 0 Å². The van der Waals surface area contributed by atoms with Crippen molar-refractivity contribution in [1.29, 1.82) is 0 Å². The van der Waals surface area contributed by atoms with Crippen LogP contribution in [0.15, 0.2) is 18.2 Å². The van der Waals surface area contributed by atoms with Crippen LogP contribution >= 0.6 is 0 Å². The summed E-state index contributed by atoms with van der Waals surface area (Å²) in [5.74, 6) is -2.19. The summed E-state index contributed by atoms with van der Waals surface area (Å²) in [6.45, 7) is 1.55. The first-order valence-corrected chi connectivity index (χ1v) is 6.86. The lowest BCUT2D eigenvalue weighted by molar-refractivity contribution is -0.149. The second-order valence-electron chi connectivity index (χ2n) is 5.22. The summed E-state index contributed by atoms with van der Waals surface area (Å²) < 4.78 is 23.9. The highest BCUT2D eigenvalue weighted by atomic mass is 19.1. The molecule has 1 N–H and O–H groups in total. The molecule has 120 valence electrons. The van der Waals surface area contributed by atoms with Gasteiger partial charge in [0.1, 0.15) is 6.04 Å². The van der Waals surface area contributed by atoms with E-state index in [1.54, 1.807) is 13.0 Å². The van der Waals surface area contributed by atoms with Gasteiger partial charge in [0.05, 0.1) is 6.10 Å². The first kappa shape index (κ1) is 16.2. The zero-order valence-corrected chi connectivity index (χ0v) is 12.4. The molecule has 6 nitrogen and oxygen atoms in total. The Morgan fingerprint density at radius 3 is 2.82 bits per heavy atom. The maximum absolute atomic E-state index is 13.6. The maximum Gasteiger partial charge on any atom is 0.326 e. The number of carbonyl (C=O) groups is 2. The van der Waals surface area contributed by atoms with Gasteiger partial charge < -0.3 is 19.5 Å². The van der Waals surface area contributed by atoms with Crippen LogP contribution in [0.3, 0.4) is 0 Å². The summed E-state index contributed by atoms with van der Waals surface area (Å²) >= 11 is 0. The Balaban J connectivity index is 2.02. The molecule has 0 aromatic heterocycles. The Bertz CT molecular complexity index is 577. The Labute approximate surface area is 127 Å². The van der Waals surface area contributed by atoms with Gasteiger partial charge in [-0.1, -0.05) is 6.07 Å². The molecule has 1 aliphatic rings. The fourth-order valence-corrected chi connectivity index (χ4v) is 2.42. The van der Waals surface area contributed by atoms with Crippen molar-refractivity contribution >= 4 is 11.9 Å². The van der Waals surface area contributed by atoms with E-state index in [9.17, 15) is 14.0 Å². The molecule has 1 fully saturated rings. The Morgan fingerprint density at radius 1 is 1.45 bits per heavy atom. The van der Waals surface area contributed by atoms with Crippen molar-refractivity contribution < 1.29 is 28.6 Å². The molecule has 1 saturated heterocycles. The van der Waals surface area contributed by atoms with Gasteiger partial charge in [0.15, 0.2) is 18.2 Å². The number of hydrogen-bond donors (Lipinski definition) is 1. The molecule has 0 radical (unpaired) electrons. The number of rotatable bonds is 5. The number of amides is 1. The van der Waals surface area contributed by atoms with Crippen LogP contribution in [0.2, 0.25) is 0 Å². The molecule has 1 heterocycles. The largest absolute Gasteiger partial charge is 0.481 e. The number of methoxy groups -OCH3 is 1. The zero-order chi connectivity index (χ0) is 16.3. The number of likely N-dealkylation sites (tertiary alicyclic amines) is 1. The number of ether oxygens (including phenoxy) is 2. The van der Waals surface area contributed by atoms with Crippen LogP contribution in [0.1, 0.15) is 12.0 Å². The van der Waals surface area contributed by atoms with Crippen molar-refractivity contribution in [2.24, 2.45) is 0 Å². The van der Waals surface area contributed by atoms with Crippen LogP contribution in [-0.4, -0.2) is 54.3 Å². The number of benzene rings is 1. The van der Waals surface area contributed by atoms with Crippen molar-refractivity contribution in [2.45, 2.75) is 25.5 Å². The molecule has 2 rings (SSSR count). The predicted octanol–water partition coefficient (Wildman–Crippen LogP) is 1.21. The number of carbonyl (C=O) groups excluding carboxylic acids is 1. The smallest absolute Gasteiger partial charge is 0.326 e. The van der Waals surface area contributed by atoms with Crippen LogP contribution in [0.25, 0.3) is 0 Å². The third-order valence-corrected chi connectivity index (χ3v) is 3.64. The predicted molar refractivity (Wildman–Crippen MR) is 75.2 cm³/mol. The second kappa shape index (κ2) is 6.74. The minimum Gasteiger partial charge on any atom is -0.481 e. The van der Waals surface area contributed by atoms with E-state index in [1.165, 1.54) is 24.1 Å². The maximum atomic E-state index is 13.6. The molecule has 0 saturated carbocycles. The molecule has 1 amide bonds. The van der Waals surface area contributed by atoms with Crippen molar-refractivity contribution in [3.8, 4) is 5.75 Å². The van der Waals surface area contributed by atoms with E-state index in [-0.39, 0.29) is 24.8 Å². The summed E-state index contributed by atoms with van der Waals surface area (Å²) in [6, 6.07) is 3.39. The average molecular weight is 311 g/mol. The van der Waals surface area contributed by atoms with E-state index in [0.717, 1.165) is 5.56 Å². The van der Waals surface area contributed by atoms with Crippen molar-refractivity contribution in [2.75, 3.05) is 20.3 Å². The van der Waals surface area contributed by atoms with E-state index in [0.29, 0.717) is 0 Å². The van der Waals surface area contributed by atoms with Gasteiger partial charge in [0.2, 0.25) is 0 Å². The van der Waals surface area contributed by atoms with Gasteiger partial charge >= 0.3 is 5.97 Å². The van der Waals surface area contributed by atoms with Crippen LogP contribution in [0.4, 0.5) is 4.39 Å². The van der Waals surface area contributed by atoms with Crippen LogP contribution in [-0.2, 0) is 14.3 Å². The molecular formula is C15H18FNO5. The van der Waals surface area contributed by atoms with Gasteiger partial charge in [-0.25, -0.2) is 9.18 Å². The number of hydrogen-bond acceptors (Lipinski definition) is 4. The number of nitrogens with zero attached hydrogens (tertiary/aromatic N) is 1. The third kappa shape index (κ3) is 3.54. The first-order valence-electron chi connectivity index (χ1n) is 6.86. The van der Waals surface area contributed by atoms with Gasteiger partial charge in [0.25, 0.3) is 5.91 Å². The number of aliphatic carboxylic acids is 1. The number of carboxylic acids is 1. The standard InChI is InChI=1S/C15H18FNO5/c1-9-3-4-11(16)13(5-9)22-8-14(18)17-7-10(21-2)6-12(17)15(19)20/h3-5,10,12H,6-8H2,1-2H3,(H,19,20). The molecule has 1 aliphatic heterocycles. The molecule has 1 aromatic carbocycles. The van der Waals surface area contributed by atoms with Gasteiger partial charge in [-0.2, -0.15) is 0 Å². The van der Waals surface area contributed by atoms with Crippen molar-refractivity contribution in [3.05, 3.63) is 29.6 Å². The SMILES string of the molecule is COC1CC(C(=O)O)N(C(=O)COc2cc(C)ccc2F)C1. The summed E-state index contributed by atoms with van der Waals surface area (Å²) in [4.78, 5) is 24.6. The van der Waals surface area contributed by atoms with E-state index < -0.39 is 30.3 Å². The lowest BCUT2D eigenvalue weighted by Crippen LogP contribution is -2.43. The van der Waals surface area contributed by atoms with E-state index in [1.807, 2.05) is 0 Å². The van der Waals surface area contributed by atoms with E-state index in [2.05, 4.69) is 0 Å². The molecule has 22 heavy (non-hydrogen) atoms. The number of aryl methyl sites for hydroxylation is 1. The van der Waals surface area contributed by atoms with E-state index in [4.69, 9.17) is 14.6 Å². The van der Waals surface area contributed by atoms with Gasteiger partial charge in [-0.3, -0.25) is 4.79 Å². The molecule has 7 heteroatoms. The molecule has 0 spiro atoms. The monoisotopic (exact) mass is 311 g/mol. The molecule has 0 bridgehead atoms. The fourth-order valence-electron chi connectivity index (χ4n) is 2.42. The highest BCUT2D eigenvalue weighted by Gasteiger charge is 2.39. The minimum atomic E-state index is -1.09. The van der Waals surface area contributed by atoms with Crippen LogP contribution in [0, 0.1) is 12.7 Å². The molecule has 2 unspecified atom stereocenters. The summed E-state index contributed by atoms with van der Waals surface area (Å²) in [6.07, 6.45) is -0.0862. The molecule has 1 aromatic rings. The second-order valence-corrected chi connectivity index (χ2v) is 5.22. The average Bonchev–Trinajstić information content (AvgIpc) is 2.92. The summed E-state index contributed by atoms with van der Waals surface area (Å²) in [5, 5.41) is 9.16. The van der Waals surface area contributed by atoms with Crippen molar-refractivity contribution in [3.63, 3.8) is 0 Å². The number of carboxylic acid groups (broad SMARTS) is 1. The fraction of sp³-hybridized carbons (Fsp3) is 0.467. The Hall–Kier alpha value is -2.15. The molecule has 2 atom stereocenters. The topological polar surface area (TPSA) is 76.1 Å². The number of halogens is 1. The molecule has 0 aliphatic carbocycles. The highest BCUT2D eigenvalue weighted by molar-refractivity contribution is 5.85. The Kier molecular flexibility index (Phi) is 4.97. The molecular weight excluding hydrogens is 293 g/mol. The third-order valence-electron chi connectivity index (χ3n) is 3.64. The van der Waals surface area contributed by atoms with Crippen molar-refractivity contribution in [1.82, 2.24) is 4.90 Å². The van der Waals surface area contributed by atoms with Gasteiger partial charge in [-0.15, -0.1) is 0 Å². The van der Waals surface area contributed by atoms with Gasteiger partial charge in [-0.05, 0) is 24.6 Å². The van der Waals surface area contributed by atoms with Gasteiger partial charge in [0, 0.05) is 20.1 Å². The minimum absolute atomic E-state index is 0.0253. The zero-order valence-electron chi connectivity index (χ0n) is 12.4. The first-order chi connectivity index (χ1) is 10.4. The lowest BCUT2D eigenvalue weighted by atomic mass is 10.2. The quantitative estimate of drug-likeness (QED) is 0.884. The highest BCUT2D eigenvalue weighted by Crippen LogP contribution is 2.22. The van der Waals surface area contributed by atoms with Crippen LogP contribution < -0.4 is 4.74 Å². The Morgan fingerprint density at radius 2 is 2.18 bits per heavy atom. The summed E-state index contributed by atoms with van der Waals surface area (Å²) in [5.41, 5.74) is 0.799.